The van der Waals surface area contributed by atoms with Gasteiger partial charge in [-0.05, 0) is 39.3 Å². The molecule has 0 radical (unpaired) electrons. The molecule has 2 atom stereocenters. The van der Waals surface area contributed by atoms with Gasteiger partial charge in [0.05, 0.1) is 0 Å². The number of hydrogen-bond donors (Lipinski definition) is 0. The number of likely N-dealkylation sites (tertiary alicyclic amines) is 1. The Kier molecular flexibility index (Phi) is 3.13. The molecule has 1 aliphatic heterocycles. The first-order valence-electron chi connectivity index (χ1n) is 4.58. The van der Waals surface area contributed by atoms with Crippen molar-refractivity contribution >= 4 is 0 Å². The summed E-state index contributed by atoms with van der Waals surface area (Å²) in [6.07, 6.45) is 7.25. The van der Waals surface area contributed by atoms with Crippen molar-refractivity contribution in [2.24, 2.45) is 5.92 Å². The van der Waals surface area contributed by atoms with E-state index in [1.54, 1.807) is 0 Å². The molecule has 11 heavy (non-hydrogen) atoms. The molecule has 2 unspecified atom stereocenters. The van der Waals surface area contributed by atoms with Gasteiger partial charge in [-0.2, -0.15) is 0 Å². The maximum atomic E-state index is 2.45. The van der Waals surface area contributed by atoms with Crippen LogP contribution in [0.3, 0.4) is 0 Å². The van der Waals surface area contributed by atoms with Gasteiger partial charge in [0.25, 0.3) is 0 Å². The second kappa shape index (κ2) is 3.91. The zero-order chi connectivity index (χ0) is 8.27. The summed E-state index contributed by atoms with van der Waals surface area (Å²) < 4.78 is 0. The highest BCUT2D eigenvalue weighted by Gasteiger charge is 2.22. The van der Waals surface area contributed by atoms with Gasteiger partial charge in [-0.15, -0.1) is 0 Å². The second-order valence-electron chi connectivity index (χ2n) is 3.62. The molecule has 64 valence electrons. The monoisotopic (exact) mass is 153 g/mol. The average Bonchev–Trinajstić information content (AvgIpc) is 1.97. The molecular formula is C10H19N. The van der Waals surface area contributed by atoms with Crippen molar-refractivity contribution in [2.75, 3.05) is 13.6 Å². The normalized spacial score (nSPS) is 34.8. The van der Waals surface area contributed by atoms with Crippen LogP contribution in [-0.4, -0.2) is 24.5 Å². The summed E-state index contributed by atoms with van der Waals surface area (Å²) in [5.41, 5.74) is 0. The molecular weight excluding hydrogens is 134 g/mol. The topological polar surface area (TPSA) is 3.24 Å². The van der Waals surface area contributed by atoms with Crippen molar-refractivity contribution in [3.8, 4) is 0 Å². The standard InChI is InChI=1S/C10H19N/c1-4-6-10-9(2)7-5-8-11(10)3/h4,6,9-10H,5,7-8H2,1-3H3/b6-4-. The van der Waals surface area contributed by atoms with Crippen LogP contribution in [0.1, 0.15) is 26.7 Å². The summed E-state index contributed by atoms with van der Waals surface area (Å²) in [6, 6.07) is 0.689. The quantitative estimate of drug-likeness (QED) is 0.522. The smallest absolute Gasteiger partial charge is 0.0300 e. The Bertz CT molecular complexity index is 130. The van der Waals surface area contributed by atoms with Gasteiger partial charge < -0.3 is 0 Å². The molecule has 0 aromatic carbocycles. The van der Waals surface area contributed by atoms with Crippen LogP contribution in [0, 0.1) is 5.92 Å². The average molecular weight is 153 g/mol. The second-order valence-corrected chi connectivity index (χ2v) is 3.62. The SMILES string of the molecule is C/C=C\C1C(C)CCCN1C. The fourth-order valence-corrected chi connectivity index (χ4v) is 1.95. The molecule has 0 bridgehead atoms. The number of allylic oxidation sites excluding steroid dienone is 1. The predicted octanol–water partition coefficient (Wildman–Crippen LogP) is 2.29. The first-order chi connectivity index (χ1) is 5.25. The Morgan fingerprint density at radius 2 is 2.18 bits per heavy atom. The lowest BCUT2D eigenvalue weighted by Crippen LogP contribution is -2.40. The summed E-state index contributed by atoms with van der Waals surface area (Å²) in [5.74, 6) is 0.838. The van der Waals surface area contributed by atoms with Gasteiger partial charge in [-0.3, -0.25) is 4.90 Å². The highest BCUT2D eigenvalue weighted by atomic mass is 15.1. The molecule has 1 aliphatic rings. The zero-order valence-corrected chi connectivity index (χ0v) is 7.88. The Hall–Kier alpha value is -0.300. The van der Waals surface area contributed by atoms with E-state index in [4.69, 9.17) is 0 Å². The Morgan fingerprint density at radius 1 is 1.45 bits per heavy atom. The van der Waals surface area contributed by atoms with Gasteiger partial charge in [0.2, 0.25) is 0 Å². The molecule has 0 amide bonds. The van der Waals surface area contributed by atoms with Gasteiger partial charge in [-0.1, -0.05) is 19.1 Å². The van der Waals surface area contributed by atoms with Crippen molar-refractivity contribution in [3.63, 3.8) is 0 Å². The lowest BCUT2D eigenvalue weighted by Gasteiger charge is -2.35. The lowest BCUT2D eigenvalue weighted by atomic mass is 9.91. The summed E-state index contributed by atoms with van der Waals surface area (Å²) in [6.45, 7) is 5.72. The van der Waals surface area contributed by atoms with Crippen LogP contribution in [0.5, 0.6) is 0 Å². The van der Waals surface area contributed by atoms with Gasteiger partial charge in [0, 0.05) is 6.04 Å². The van der Waals surface area contributed by atoms with Crippen LogP contribution in [0.4, 0.5) is 0 Å². The van der Waals surface area contributed by atoms with E-state index in [0.717, 1.165) is 5.92 Å². The maximum absolute atomic E-state index is 2.45. The molecule has 1 nitrogen and oxygen atoms in total. The van der Waals surface area contributed by atoms with Gasteiger partial charge in [-0.25, -0.2) is 0 Å². The van der Waals surface area contributed by atoms with Crippen LogP contribution >= 0.6 is 0 Å². The molecule has 1 fully saturated rings. The minimum absolute atomic E-state index is 0.689. The molecule has 0 aliphatic carbocycles. The van der Waals surface area contributed by atoms with Crippen LogP contribution in [0.2, 0.25) is 0 Å². The van der Waals surface area contributed by atoms with E-state index in [1.807, 2.05) is 0 Å². The highest BCUT2D eigenvalue weighted by molar-refractivity contribution is 4.96. The van der Waals surface area contributed by atoms with E-state index < -0.39 is 0 Å². The van der Waals surface area contributed by atoms with Crippen LogP contribution in [0.25, 0.3) is 0 Å². The van der Waals surface area contributed by atoms with Crippen LogP contribution < -0.4 is 0 Å². The fourth-order valence-electron chi connectivity index (χ4n) is 1.95. The van der Waals surface area contributed by atoms with E-state index in [1.165, 1.54) is 19.4 Å². The third-order valence-electron chi connectivity index (χ3n) is 2.65. The van der Waals surface area contributed by atoms with Gasteiger partial charge >= 0.3 is 0 Å². The minimum atomic E-state index is 0.689. The predicted molar refractivity (Wildman–Crippen MR) is 49.6 cm³/mol. The largest absolute Gasteiger partial charge is 0.300 e. The Labute approximate surface area is 70.1 Å². The van der Waals surface area contributed by atoms with Gasteiger partial charge in [0.15, 0.2) is 0 Å². The molecule has 1 heteroatoms. The summed E-state index contributed by atoms with van der Waals surface area (Å²) in [7, 11) is 2.22. The maximum Gasteiger partial charge on any atom is 0.0300 e. The number of rotatable bonds is 1. The van der Waals surface area contributed by atoms with Crippen molar-refractivity contribution < 1.29 is 0 Å². The van der Waals surface area contributed by atoms with Crippen molar-refractivity contribution in [1.82, 2.24) is 4.90 Å². The molecule has 0 saturated carbocycles. The third-order valence-corrected chi connectivity index (χ3v) is 2.65. The number of nitrogens with zero attached hydrogens (tertiary/aromatic N) is 1. The van der Waals surface area contributed by atoms with Crippen molar-refractivity contribution in [1.29, 1.82) is 0 Å². The van der Waals surface area contributed by atoms with Crippen LogP contribution in [-0.2, 0) is 0 Å². The lowest BCUT2D eigenvalue weighted by molar-refractivity contribution is 0.166. The third kappa shape index (κ3) is 2.06. The summed E-state index contributed by atoms with van der Waals surface area (Å²) >= 11 is 0. The highest BCUT2D eigenvalue weighted by Crippen LogP contribution is 2.22. The number of hydrogen-bond acceptors (Lipinski definition) is 1. The fraction of sp³-hybridized carbons (Fsp3) is 0.800. The molecule has 0 aromatic rings. The Morgan fingerprint density at radius 3 is 2.73 bits per heavy atom. The van der Waals surface area contributed by atoms with Crippen molar-refractivity contribution in [2.45, 2.75) is 32.7 Å². The first kappa shape index (κ1) is 8.79. The van der Waals surface area contributed by atoms with Crippen LogP contribution in [0.15, 0.2) is 12.2 Å². The molecule has 1 rings (SSSR count). The van der Waals surface area contributed by atoms with Crippen molar-refractivity contribution in [3.05, 3.63) is 12.2 Å². The van der Waals surface area contributed by atoms with E-state index in [2.05, 4.69) is 37.9 Å². The summed E-state index contributed by atoms with van der Waals surface area (Å²) in [4.78, 5) is 2.45. The summed E-state index contributed by atoms with van der Waals surface area (Å²) in [5, 5.41) is 0. The van der Waals surface area contributed by atoms with E-state index >= 15 is 0 Å². The van der Waals surface area contributed by atoms with E-state index in [0.29, 0.717) is 6.04 Å². The first-order valence-corrected chi connectivity index (χ1v) is 4.58. The molecule has 0 N–H and O–H groups in total. The molecule has 1 saturated heterocycles. The molecule has 0 spiro atoms. The van der Waals surface area contributed by atoms with E-state index in [9.17, 15) is 0 Å². The Balaban J connectivity index is 2.55. The number of likely N-dealkylation sites (N-methyl/N-ethyl adjacent to an activating group) is 1. The number of piperidine rings is 1. The minimum Gasteiger partial charge on any atom is -0.300 e. The molecule has 1 heterocycles. The molecule has 0 aromatic heterocycles. The van der Waals surface area contributed by atoms with E-state index in [-0.39, 0.29) is 0 Å². The zero-order valence-electron chi connectivity index (χ0n) is 7.88. The van der Waals surface area contributed by atoms with Gasteiger partial charge in [0.1, 0.15) is 0 Å².